The molecule has 1 aromatic carbocycles. The van der Waals surface area contributed by atoms with Crippen molar-refractivity contribution in [3.05, 3.63) is 46.1 Å². The van der Waals surface area contributed by atoms with Gasteiger partial charge in [0, 0.05) is 31.1 Å². The van der Waals surface area contributed by atoms with Gasteiger partial charge in [-0.1, -0.05) is 30.7 Å². The normalized spacial score (nSPS) is 20.5. The van der Waals surface area contributed by atoms with Crippen molar-refractivity contribution in [1.29, 1.82) is 0 Å². The van der Waals surface area contributed by atoms with E-state index in [2.05, 4.69) is 21.8 Å². The number of sulfonamides is 1. The number of rotatable bonds is 3. The van der Waals surface area contributed by atoms with Gasteiger partial charge in [0.15, 0.2) is 0 Å². The van der Waals surface area contributed by atoms with Gasteiger partial charge in [-0.2, -0.15) is 4.31 Å². The SMILES string of the molecule is CC1CCc2c(sc3ncnc(N4CCN(S(=O)(=O)c5ccccc5Cl)CC4)c23)C1. The zero-order valence-corrected chi connectivity index (χ0v) is 19.1. The standard InChI is InChI=1S/C21H23ClN4O2S2/c1-14-6-7-15-17(12-14)29-21-19(15)20(23-13-24-21)25-8-10-26(11-9-25)30(27,28)18-5-3-2-4-16(18)22/h2-5,13-14H,6-12H2,1H3. The Hall–Kier alpha value is -1.74. The first-order chi connectivity index (χ1) is 14.4. The lowest BCUT2D eigenvalue weighted by atomic mass is 9.89. The van der Waals surface area contributed by atoms with E-state index in [-0.39, 0.29) is 9.92 Å². The molecule has 0 bridgehead atoms. The summed E-state index contributed by atoms with van der Waals surface area (Å²) in [6.07, 6.45) is 5.00. The summed E-state index contributed by atoms with van der Waals surface area (Å²) in [5.74, 6) is 1.65. The van der Waals surface area contributed by atoms with Crippen molar-refractivity contribution in [2.75, 3.05) is 31.1 Å². The number of aromatic nitrogens is 2. The van der Waals surface area contributed by atoms with Crippen LogP contribution in [0.15, 0.2) is 35.5 Å². The number of aryl methyl sites for hydroxylation is 1. The van der Waals surface area contributed by atoms with E-state index in [1.807, 2.05) is 0 Å². The number of hydrogen-bond acceptors (Lipinski definition) is 6. The van der Waals surface area contributed by atoms with Crippen LogP contribution in [0.2, 0.25) is 5.02 Å². The molecule has 1 saturated heterocycles. The lowest BCUT2D eigenvalue weighted by molar-refractivity contribution is 0.384. The highest BCUT2D eigenvalue weighted by Crippen LogP contribution is 2.40. The Morgan fingerprint density at radius 3 is 2.67 bits per heavy atom. The van der Waals surface area contributed by atoms with E-state index in [1.54, 1.807) is 41.9 Å². The van der Waals surface area contributed by atoms with Gasteiger partial charge in [0.2, 0.25) is 10.0 Å². The second-order valence-electron chi connectivity index (χ2n) is 8.05. The predicted octanol–water partition coefficient (Wildman–Crippen LogP) is 3.98. The van der Waals surface area contributed by atoms with Gasteiger partial charge >= 0.3 is 0 Å². The van der Waals surface area contributed by atoms with Crippen LogP contribution in [-0.2, 0) is 22.9 Å². The van der Waals surface area contributed by atoms with Crippen LogP contribution in [-0.4, -0.2) is 48.9 Å². The minimum absolute atomic E-state index is 0.172. The third-order valence-corrected chi connectivity index (χ3v) is 9.63. The third-order valence-electron chi connectivity index (χ3n) is 6.06. The average Bonchev–Trinajstić information content (AvgIpc) is 3.11. The molecular formula is C21H23ClN4O2S2. The van der Waals surface area contributed by atoms with Crippen LogP contribution in [0.4, 0.5) is 5.82 Å². The maximum Gasteiger partial charge on any atom is 0.244 e. The zero-order valence-electron chi connectivity index (χ0n) is 16.7. The second kappa shape index (κ2) is 7.75. The number of nitrogens with zero attached hydrogens (tertiary/aromatic N) is 4. The van der Waals surface area contributed by atoms with Crippen molar-refractivity contribution in [3.63, 3.8) is 0 Å². The van der Waals surface area contributed by atoms with Crippen molar-refractivity contribution >= 4 is 49.0 Å². The lowest BCUT2D eigenvalue weighted by Crippen LogP contribution is -2.49. The van der Waals surface area contributed by atoms with E-state index >= 15 is 0 Å². The molecule has 1 fully saturated rings. The van der Waals surface area contributed by atoms with Crippen LogP contribution in [0.3, 0.4) is 0 Å². The molecule has 0 spiro atoms. The average molecular weight is 463 g/mol. The number of piperazine rings is 1. The minimum atomic E-state index is -3.61. The van der Waals surface area contributed by atoms with E-state index in [0.717, 1.165) is 23.5 Å². The van der Waals surface area contributed by atoms with E-state index in [1.165, 1.54) is 26.6 Å². The molecule has 3 aromatic rings. The number of benzene rings is 1. The summed E-state index contributed by atoms with van der Waals surface area (Å²) in [6, 6.07) is 6.62. The molecule has 3 heterocycles. The highest BCUT2D eigenvalue weighted by Gasteiger charge is 2.32. The van der Waals surface area contributed by atoms with Gasteiger partial charge in [0.05, 0.1) is 10.4 Å². The third kappa shape index (κ3) is 3.39. The van der Waals surface area contributed by atoms with Gasteiger partial charge in [-0.25, -0.2) is 18.4 Å². The molecule has 1 atom stereocenters. The predicted molar refractivity (Wildman–Crippen MR) is 121 cm³/mol. The Balaban J connectivity index is 1.41. The largest absolute Gasteiger partial charge is 0.353 e. The fraction of sp³-hybridized carbons (Fsp3) is 0.429. The first-order valence-corrected chi connectivity index (χ1v) is 12.8. The number of halogens is 1. The number of hydrogen-bond donors (Lipinski definition) is 0. The summed E-state index contributed by atoms with van der Waals surface area (Å²) >= 11 is 7.94. The monoisotopic (exact) mass is 462 g/mol. The molecule has 2 aromatic heterocycles. The summed E-state index contributed by atoms with van der Waals surface area (Å²) in [4.78, 5) is 14.0. The Kier molecular flexibility index (Phi) is 5.21. The molecule has 1 unspecified atom stereocenters. The van der Waals surface area contributed by atoms with Gasteiger partial charge < -0.3 is 4.90 Å². The molecule has 158 valence electrons. The molecule has 30 heavy (non-hydrogen) atoms. The van der Waals surface area contributed by atoms with Crippen LogP contribution < -0.4 is 4.90 Å². The number of fused-ring (bicyclic) bond motifs is 3. The Morgan fingerprint density at radius 2 is 1.90 bits per heavy atom. The van der Waals surface area contributed by atoms with Gasteiger partial charge in [-0.3, -0.25) is 0 Å². The van der Waals surface area contributed by atoms with Crippen LogP contribution in [0.5, 0.6) is 0 Å². The molecule has 6 nitrogen and oxygen atoms in total. The van der Waals surface area contributed by atoms with Gasteiger partial charge in [-0.05, 0) is 42.9 Å². The van der Waals surface area contributed by atoms with E-state index < -0.39 is 10.0 Å². The van der Waals surface area contributed by atoms with Gasteiger partial charge in [0.1, 0.15) is 21.9 Å². The van der Waals surface area contributed by atoms with Crippen molar-refractivity contribution in [2.45, 2.75) is 31.1 Å². The quantitative estimate of drug-likeness (QED) is 0.589. The highest BCUT2D eigenvalue weighted by atomic mass is 35.5. The van der Waals surface area contributed by atoms with Crippen molar-refractivity contribution in [3.8, 4) is 0 Å². The molecule has 0 radical (unpaired) electrons. The zero-order chi connectivity index (χ0) is 20.9. The van der Waals surface area contributed by atoms with Crippen LogP contribution in [0, 0.1) is 5.92 Å². The second-order valence-corrected chi connectivity index (χ2v) is 11.4. The molecule has 0 N–H and O–H groups in total. The molecule has 9 heteroatoms. The fourth-order valence-electron chi connectivity index (χ4n) is 4.43. The Bertz CT molecular complexity index is 1200. The van der Waals surface area contributed by atoms with E-state index in [0.29, 0.717) is 32.1 Å². The first kappa shape index (κ1) is 20.2. The van der Waals surface area contributed by atoms with Crippen LogP contribution in [0.1, 0.15) is 23.8 Å². The number of anilines is 1. The molecule has 0 amide bonds. The van der Waals surface area contributed by atoms with Gasteiger partial charge in [-0.15, -0.1) is 11.3 Å². The van der Waals surface area contributed by atoms with E-state index in [4.69, 9.17) is 11.6 Å². The smallest absolute Gasteiger partial charge is 0.244 e. The van der Waals surface area contributed by atoms with E-state index in [9.17, 15) is 8.42 Å². The fourth-order valence-corrected chi connectivity index (χ4v) is 7.69. The van der Waals surface area contributed by atoms with Crippen molar-refractivity contribution in [2.24, 2.45) is 5.92 Å². The van der Waals surface area contributed by atoms with Crippen LogP contribution in [0.25, 0.3) is 10.2 Å². The Morgan fingerprint density at radius 1 is 1.13 bits per heavy atom. The summed E-state index contributed by atoms with van der Waals surface area (Å²) < 4.78 is 27.6. The summed E-state index contributed by atoms with van der Waals surface area (Å²) in [5, 5.41) is 1.43. The molecule has 2 aliphatic rings. The van der Waals surface area contributed by atoms with Crippen LogP contribution >= 0.6 is 22.9 Å². The molecule has 1 aliphatic heterocycles. The summed E-state index contributed by atoms with van der Waals surface area (Å²) in [6.45, 7) is 4.30. The lowest BCUT2D eigenvalue weighted by Gasteiger charge is -2.35. The molecule has 0 saturated carbocycles. The topological polar surface area (TPSA) is 66.4 Å². The number of thiophene rings is 1. The maximum atomic E-state index is 13.0. The maximum absolute atomic E-state index is 13.0. The minimum Gasteiger partial charge on any atom is -0.353 e. The Labute approximate surface area is 185 Å². The molecular weight excluding hydrogens is 440 g/mol. The van der Waals surface area contributed by atoms with Crippen molar-refractivity contribution in [1.82, 2.24) is 14.3 Å². The molecule has 5 rings (SSSR count). The molecule has 1 aliphatic carbocycles. The summed E-state index contributed by atoms with van der Waals surface area (Å²) in [5.41, 5.74) is 1.40. The summed E-state index contributed by atoms with van der Waals surface area (Å²) in [7, 11) is -3.61. The van der Waals surface area contributed by atoms with Crippen molar-refractivity contribution < 1.29 is 8.42 Å². The first-order valence-electron chi connectivity index (χ1n) is 10.2. The highest BCUT2D eigenvalue weighted by molar-refractivity contribution is 7.89. The van der Waals surface area contributed by atoms with Gasteiger partial charge in [0.25, 0.3) is 0 Å².